The van der Waals surface area contributed by atoms with E-state index < -0.39 is 20.7 Å². The lowest BCUT2D eigenvalue weighted by molar-refractivity contribution is -0.135. The lowest BCUT2D eigenvalue weighted by Crippen LogP contribution is -2.52. The van der Waals surface area contributed by atoms with Gasteiger partial charge in [-0.1, -0.05) is 13.0 Å². The highest BCUT2D eigenvalue weighted by molar-refractivity contribution is 7.70. The Morgan fingerprint density at radius 2 is 1.74 bits per heavy atom. The number of aliphatic hydroxyl groups is 1. The van der Waals surface area contributed by atoms with Crippen LogP contribution in [0.3, 0.4) is 0 Å². The van der Waals surface area contributed by atoms with Crippen molar-refractivity contribution < 1.29 is 43.3 Å². The topological polar surface area (TPSA) is 168 Å². The van der Waals surface area contributed by atoms with Crippen molar-refractivity contribution in [2.24, 2.45) is 17.3 Å². The molecule has 0 radical (unpaired) electrons. The van der Waals surface area contributed by atoms with Gasteiger partial charge in [0.05, 0.1) is 6.10 Å². The van der Waals surface area contributed by atoms with E-state index in [4.69, 9.17) is 4.74 Å². The lowest BCUT2D eigenvalue weighted by Gasteiger charge is -2.50. The van der Waals surface area contributed by atoms with E-state index in [0.29, 0.717) is 23.5 Å². The van der Waals surface area contributed by atoms with Gasteiger partial charge in [0.2, 0.25) is 5.52 Å². The number of benzene rings is 1. The van der Waals surface area contributed by atoms with Gasteiger partial charge >= 0.3 is 15.2 Å². The van der Waals surface area contributed by atoms with E-state index in [-0.39, 0.29) is 50.2 Å². The Morgan fingerprint density at radius 3 is 2.39 bits per heavy atom. The SMILES string of the molecule is C[C@]12CC[C@@H]3c4ccc(OCC(=O)N5CCN(C(P(=O)(O)O)P(=O)(O)O)CC5)cc4CC[C@H]3[C@@H]1CC[C@@H]2O. The zero-order valence-electron chi connectivity index (χ0n) is 21.6. The zero-order valence-corrected chi connectivity index (χ0v) is 23.3. The van der Waals surface area contributed by atoms with E-state index in [1.165, 1.54) is 16.0 Å². The van der Waals surface area contributed by atoms with Crippen LogP contribution >= 0.6 is 15.2 Å². The highest BCUT2D eigenvalue weighted by Crippen LogP contribution is 2.62. The summed E-state index contributed by atoms with van der Waals surface area (Å²) in [4.78, 5) is 53.0. The summed E-state index contributed by atoms with van der Waals surface area (Å²) in [7, 11) is -10.1. The molecule has 1 heterocycles. The summed E-state index contributed by atoms with van der Waals surface area (Å²) in [5.41, 5.74) is 0.465. The van der Waals surface area contributed by atoms with Crippen LogP contribution in [0.25, 0.3) is 0 Å². The van der Waals surface area contributed by atoms with Gasteiger partial charge in [0.1, 0.15) is 5.75 Å². The second kappa shape index (κ2) is 10.3. The molecule has 3 aliphatic carbocycles. The number of fused-ring (bicyclic) bond motifs is 5. The van der Waals surface area contributed by atoms with Crippen LogP contribution in [0.2, 0.25) is 0 Å². The minimum atomic E-state index is -5.07. The van der Waals surface area contributed by atoms with Crippen molar-refractivity contribution in [3.63, 3.8) is 0 Å². The Kier molecular flexibility index (Phi) is 7.64. The molecule has 5 rings (SSSR count). The van der Waals surface area contributed by atoms with E-state index in [2.05, 4.69) is 13.0 Å². The third-order valence-electron chi connectivity index (χ3n) is 9.61. The normalized spacial score (nSPS) is 32.0. The van der Waals surface area contributed by atoms with E-state index in [9.17, 15) is 38.6 Å². The van der Waals surface area contributed by atoms with Crippen molar-refractivity contribution in [1.82, 2.24) is 9.80 Å². The number of hydrogen-bond acceptors (Lipinski definition) is 6. The first-order chi connectivity index (χ1) is 17.8. The monoisotopic (exact) mass is 572 g/mol. The maximum Gasteiger partial charge on any atom is 0.354 e. The third kappa shape index (κ3) is 5.25. The van der Waals surface area contributed by atoms with E-state index >= 15 is 0 Å². The number of aryl methyl sites for hydroxylation is 1. The number of nitrogens with zero attached hydrogens (tertiary/aromatic N) is 2. The van der Waals surface area contributed by atoms with Crippen molar-refractivity contribution >= 4 is 21.1 Å². The number of aliphatic hydroxyl groups excluding tert-OH is 1. The Balaban J connectivity index is 1.17. The summed E-state index contributed by atoms with van der Waals surface area (Å²) in [6.07, 6.45) is 5.99. The number of carbonyl (C=O) groups is 1. The molecule has 0 spiro atoms. The fourth-order valence-electron chi connectivity index (χ4n) is 7.68. The molecule has 0 unspecified atom stereocenters. The smallest absolute Gasteiger partial charge is 0.354 e. The van der Waals surface area contributed by atoms with Crippen molar-refractivity contribution in [3.05, 3.63) is 29.3 Å². The summed E-state index contributed by atoms with van der Waals surface area (Å²) in [6.45, 7) is 2.11. The van der Waals surface area contributed by atoms with Crippen molar-refractivity contribution in [1.29, 1.82) is 0 Å². The van der Waals surface area contributed by atoms with Gasteiger partial charge < -0.3 is 34.3 Å². The summed E-state index contributed by atoms with van der Waals surface area (Å²) < 4.78 is 29.1. The minimum Gasteiger partial charge on any atom is -0.484 e. The summed E-state index contributed by atoms with van der Waals surface area (Å²) in [5, 5.41) is 10.6. The highest BCUT2D eigenvalue weighted by atomic mass is 31.2. The summed E-state index contributed by atoms with van der Waals surface area (Å²) >= 11 is 0. The molecule has 13 heteroatoms. The number of carbonyl (C=O) groups excluding carboxylic acids is 1. The molecule has 1 aromatic carbocycles. The molecule has 2 saturated carbocycles. The molecule has 4 aliphatic rings. The van der Waals surface area contributed by atoms with Gasteiger partial charge in [-0.25, -0.2) is 0 Å². The molecule has 11 nitrogen and oxygen atoms in total. The standard InChI is InChI=1S/C25H38N2O9P2/c1-25-9-8-19-18-5-3-17(14-16(18)2-4-20(19)21(25)6-7-22(25)28)36-15-23(29)26-10-12-27(13-11-26)24(37(30,31)32)38(33,34)35/h3,5,14,19-22,24,28H,2,4,6-13,15H2,1H3,(H2,30,31,32)(H2,33,34,35)/t19-,20-,21+,22+,25+/m1/s1. The predicted octanol–water partition coefficient (Wildman–Crippen LogP) is 2.07. The molecule has 1 saturated heterocycles. The number of rotatable bonds is 6. The highest BCUT2D eigenvalue weighted by Gasteiger charge is 2.54. The zero-order chi connectivity index (χ0) is 27.5. The number of piperazine rings is 1. The number of ether oxygens (including phenoxy) is 1. The Labute approximate surface area is 222 Å². The molecule has 3 fully saturated rings. The van der Waals surface area contributed by atoms with Crippen molar-refractivity contribution in [2.75, 3.05) is 32.8 Å². The Bertz CT molecular complexity index is 1140. The van der Waals surface area contributed by atoms with Crippen LogP contribution in [-0.4, -0.2) is 84.8 Å². The maximum atomic E-state index is 12.7. The Morgan fingerprint density at radius 1 is 1.05 bits per heavy atom. The number of amides is 1. The predicted molar refractivity (Wildman–Crippen MR) is 139 cm³/mol. The van der Waals surface area contributed by atoms with E-state index in [1.54, 1.807) is 0 Å². The van der Waals surface area contributed by atoms with Crippen LogP contribution in [0.4, 0.5) is 0 Å². The lowest BCUT2D eigenvalue weighted by atomic mass is 9.55. The van der Waals surface area contributed by atoms with Crippen LogP contribution in [0.5, 0.6) is 5.75 Å². The van der Waals surface area contributed by atoms with Gasteiger partial charge in [0.25, 0.3) is 5.91 Å². The second-order valence-corrected chi connectivity index (χ2v) is 15.4. The minimum absolute atomic E-state index is 0.0418. The molecule has 5 N–H and O–H groups in total. The van der Waals surface area contributed by atoms with Gasteiger partial charge in [-0.15, -0.1) is 0 Å². The summed E-state index contributed by atoms with van der Waals surface area (Å²) in [6, 6.07) is 6.07. The number of hydrogen-bond donors (Lipinski definition) is 5. The molecule has 1 amide bonds. The average Bonchev–Trinajstić information content (AvgIpc) is 3.15. The molecule has 5 atom stereocenters. The third-order valence-corrected chi connectivity index (χ3v) is 13.3. The molecule has 0 bridgehead atoms. The average molecular weight is 573 g/mol. The van der Waals surface area contributed by atoms with E-state index in [0.717, 1.165) is 43.4 Å². The van der Waals surface area contributed by atoms with Crippen molar-refractivity contribution in [3.8, 4) is 5.75 Å². The van der Waals surface area contributed by atoms with Gasteiger partial charge in [0, 0.05) is 26.2 Å². The fourth-order valence-corrected chi connectivity index (χ4v) is 10.6. The first-order valence-electron chi connectivity index (χ1n) is 13.3. The van der Waals surface area contributed by atoms with Crippen LogP contribution in [0.15, 0.2) is 18.2 Å². The molecule has 0 aromatic heterocycles. The Hall–Kier alpha value is -1.29. The van der Waals surface area contributed by atoms with Crippen LogP contribution in [0.1, 0.15) is 56.1 Å². The largest absolute Gasteiger partial charge is 0.484 e. The van der Waals surface area contributed by atoms with Crippen molar-refractivity contribution in [2.45, 2.75) is 63.0 Å². The van der Waals surface area contributed by atoms with Crippen LogP contribution in [0, 0.1) is 17.3 Å². The quantitative estimate of drug-likeness (QED) is 0.318. The first kappa shape index (κ1) is 28.2. The molecule has 212 valence electrons. The van der Waals surface area contributed by atoms with Gasteiger partial charge in [-0.05, 0) is 85.0 Å². The van der Waals surface area contributed by atoms with Crippen LogP contribution < -0.4 is 4.74 Å². The van der Waals surface area contributed by atoms with E-state index in [1.807, 2.05) is 12.1 Å². The molecular weight excluding hydrogens is 534 g/mol. The maximum absolute atomic E-state index is 12.7. The molecule has 1 aliphatic heterocycles. The van der Waals surface area contributed by atoms with Gasteiger partial charge in [-0.2, -0.15) is 0 Å². The fraction of sp³-hybridized carbons (Fsp3) is 0.720. The summed E-state index contributed by atoms with van der Waals surface area (Å²) in [5.74, 6) is 1.99. The second-order valence-electron chi connectivity index (χ2n) is 11.6. The van der Waals surface area contributed by atoms with Crippen LogP contribution in [-0.2, 0) is 20.3 Å². The van der Waals surface area contributed by atoms with Gasteiger partial charge in [-0.3, -0.25) is 18.8 Å². The molecule has 38 heavy (non-hydrogen) atoms. The first-order valence-corrected chi connectivity index (χ1v) is 16.7. The molecule has 1 aromatic rings. The van der Waals surface area contributed by atoms with Gasteiger partial charge in [0.15, 0.2) is 6.61 Å². The molecular formula is C25H38N2O9P2.